The largest absolute Gasteiger partial charge is 0.495 e. The van der Waals surface area contributed by atoms with Crippen LogP contribution in [0.15, 0.2) is 59.6 Å². The molecule has 2 heterocycles. The van der Waals surface area contributed by atoms with Crippen molar-refractivity contribution in [3.05, 3.63) is 65.2 Å². The normalized spacial score (nSPS) is 13.7. The molecule has 0 aliphatic carbocycles. The summed E-state index contributed by atoms with van der Waals surface area (Å²) in [6.45, 7) is 5.37. The lowest BCUT2D eigenvalue weighted by Gasteiger charge is -2.37. The molecule has 3 aromatic rings. The molecule has 1 amide bonds. The molecule has 7 nitrogen and oxygen atoms in total. The van der Waals surface area contributed by atoms with Crippen molar-refractivity contribution in [2.45, 2.75) is 11.9 Å². The molecular formula is C24H26ClN5O2S. The number of amides is 1. The maximum atomic E-state index is 12.2. The van der Waals surface area contributed by atoms with E-state index in [2.05, 4.69) is 31.4 Å². The Balaban J connectivity index is 1.27. The number of rotatable bonds is 7. The number of aromatic nitrogens is 2. The van der Waals surface area contributed by atoms with Gasteiger partial charge in [0.1, 0.15) is 10.8 Å². The molecule has 1 aromatic heterocycles. The van der Waals surface area contributed by atoms with E-state index >= 15 is 0 Å². The van der Waals surface area contributed by atoms with Gasteiger partial charge in [-0.3, -0.25) is 4.79 Å². The van der Waals surface area contributed by atoms with Gasteiger partial charge in [0.25, 0.3) is 0 Å². The number of piperazine rings is 1. The number of nitrogens with one attached hydrogen (secondary N) is 1. The molecular weight excluding hydrogens is 458 g/mol. The maximum Gasteiger partial charge on any atom is 0.234 e. The van der Waals surface area contributed by atoms with Gasteiger partial charge in [0.2, 0.25) is 5.91 Å². The van der Waals surface area contributed by atoms with E-state index in [9.17, 15) is 4.79 Å². The summed E-state index contributed by atoms with van der Waals surface area (Å²) in [5.74, 6) is 1.87. The number of hydrogen-bond donors (Lipinski definition) is 1. The molecule has 1 saturated heterocycles. The molecule has 9 heteroatoms. The van der Waals surface area contributed by atoms with Crippen LogP contribution in [0.4, 0.5) is 17.2 Å². The van der Waals surface area contributed by atoms with Crippen molar-refractivity contribution in [1.29, 1.82) is 0 Å². The van der Waals surface area contributed by atoms with Crippen LogP contribution in [-0.4, -0.2) is 55.1 Å². The first kappa shape index (κ1) is 23.2. The summed E-state index contributed by atoms with van der Waals surface area (Å²) >= 11 is 7.47. The van der Waals surface area contributed by atoms with Crippen LogP contribution in [0.25, 0.3) is 0 Å². The van der Waals surface area contributed by atoms with Crippen LogP contribution < -0.4 is 19.9 Å². The van der Waals surface area contributed by atoms with Gasteiger partial charge < -0.3 is 19.9 Å². The number of nitrogens with zero attached hydrogens (tertiary/aromatic N) is 4. The Morgan fingerprint density at radius 2 is 1.82 bits per heavy atom. The summed E-state index contributed by atoms with van der Waals surface area (Å²) < 4.78 is 5.49. The number of methoxy groups -OCH3 is 1. The number of hydrogen-bond acceptors (Lipinski definition) is 7. The summed E-state index contributed by atoms with van der Waals surface area (Å²) in [6, 6.07) is 17.4. The van der Waals surface area contributed by atoms with E-state index in [1.807, 2.05) is 49.4 Å². The Morgan fingerprint density at radius 3 is 2.52 bits per heavy atom. The Labute approximate surface area is 203 Å². The van der Waals surface area contributed by atoms with E-state index in [0.29, 0.717) is 15.7 Å². The second-order valence-corrected chi connectivity index (χ2v) is 9.08. The molecule has 0 bridgehead atoms. The molecule has 1 fully saturated rings. The number of halogens is 1. The Hall–Kier alpha value is -2.97. The predicted molar refractivity (Wildman–Crippen MR) is 135 cm³/mol. The zero-order valence-corrected chi connectivity index (χ0v) is 20.2. The van der Waals surface area contributed by atoms with Crippen LogP contribution in [-0.2, 0) is 4.79 Å². The number of thioether (sulfide) groups is 1. The van der Waals surface area contributed by atoms with E-state index in [-0.39, 0.29) is 11.7 Å². The smallest absolute Gasteiger partial charge is 0.234 e. The summed E-state index contributed by atoms with van der Waals surface area (Å²) in [5, 5.41) is 12.9. The molecule has 4 rings (SSSR count). The van der Waals surface area contributed by atoms with E-state index in [1.54, 1.807) is 13.2 Å². The zero-order chi connectivity index (χ0) is 23.2. The Kier molecular flexibility index (Phi) is 7.57. The lowest BCUT2D eigenvalue weighted by Crippen LogP contribution is -2.47. The van der Waals surface area contributed by atoms with E-state index < -0.39 is 0 Å². The Bertz CT molecular complexity index is 1100. The van der Waals surface area contributed by atoms with Gasteiger partial charge in [0.15, 0.2) is 5.82 Å². The number of anilines is 3. The number of ether oxygens (including phenoxy) is 1. The van der Waals surface area contributed by atoms with Crippen molar-refractivity contribution < 1.29 is 9.53 Å². The minimum atomic E-state index is -0.113. The molecule has 0 radical (unpaired) electrons. The molecule has 0 atom stereocenters. The van der Waals surface area contributed by atoms with Crippen LogP contribution in [0.3, 0.4) is 0 Å². The first-order valence-electron chi connectivity index (χ1n) is 10.7. The van der Waals surface area contributed by atoms with Gasteiger partial charge in [-0.15, -0.1) is 10.2 Å². The topological polar surface area (TPSA) is 70.6 Å². The lowest BCUT2D eigenvalue weighted by atomic mass is 10.2. The molecule has 33 heavy (non-hydrogen) atoms. The number of carbonyl (C=O) groups is 1. The van der Waals surface area contributed by atoms with Gasteiger partial charge in [0, 0.05) is 36.9 Å². The lowest BCUT2D eigenvalue weighted by molar-refractivity contribution is -0.113. The molecule has 0 saturated carbocycles. The second kappa shape index (κ2) is 10.8. The maximum absolute atomic E-state index is 12.2. The van der Waals surface area contributed by atoms with Crippen LogP contribution >= 0.6 is 23.4 Å². The second-order valence-electron chi connectivity index (χ2n) is 7.68. The summed E-state index contributed by atoms with van der Waals surface area (Å²) in [5.41, 5.74) is 2.77. The standard InChI is InChI=1S/C24H26ClN5O2S/c1-17-7-8-18(15-19(17)25)26-23(31)16-33-24-10-9-22(27-28-24)30-13-11-29(12-14-30)20-5-3-4-6-21(20)32-2/h3-10,15H,11-14,16H2,1-2H3,(H,26,31). The Morgan fingerprint density at radius 1 is 1.06 bits per heavy atom. The highest BCUT2D eigenvalue weighted by atomic mass is 35.5. The third kappa shape index (κ3) is 5.89. The summed E-state index contributed by atoms with van der Waals surface area (Å²) in [7, 11) is 1.70. The quantitative estimate of drug-likeness (QED) is 0.496. The van der Waals surface area contributed by atoms with Crippen molar-refractivity contribution in [1.82, 2.24) is 10.2 Å². The molecule has 1 aliphatic heterocycles. The minimum Gasteiger partial charge on any atom is -0.495 e. The van der Waals surface area contributed by atoms with E-state index in [0.717, 1.165) is 49.0 Å². The number of aryl methyl sites for hydroxylation is 1. The number of carbonyl (C=O) groups excluding carboxylic acids is 1. The average Bonchev–Trinajstić information content (AvgIpc) is 2.85. The molecule has 0 spiro atoms. The third-order valence-corrected chi connectivity index (χ3v) is 6.79. The van der Waals surface area contributed by atoms with Crippen molar-refractivity contribution in [2.75, 3.05) is 54.2 Å². The van der Waals surface area contributed by atoms with Gasteiger partial charge in [-0.1, -0.05) is 41.6 Å². The molecule has 0 unspecified atom stereocenters. The first-order valence-corrected chi connectivity index (χ1v) is 12.1. The van der Waals surface area contributed by atoms with Crippen molar-refractivity contribution in [3.63, 3.8) is 0 Å². The first-order chi connectivity index (χ1) is 16.0. The van der Waals surface area contributed by atoms with E-state index in [4.69, 9.17) is 16.3 Å². The SMILES string of the molecule is COc1ccccc1N1CCN(c2ccc(SCC(=O)Nc3ccc(C)c(Cl)c3)nn2)CC1. The number of para-hydroxylation sites is 2. The van der Waals surface area contributed by atoms with Gasteiger partial charge >= 0.3 is 0 Å². The third-order valence-electron chi connectivity index (χ3n) is 5.46. The zero-order valence-electron chi connectivity index (χ0n) is 18.6. The van der Waals surface area contributed by atoms with Gasteiger partial charge in [0.05, 0.1) is 18.6 Å². The van der Waals surface area contributed by atoms with Gasteiger partial charge in [-0.2, -0.15) is 0 Å². The van der Waals surface area contributed by atoms with Crippen molar-refractivity contribution in [3.8, 4) is 5.75 Å². The van der Waals surface area contributed by atoms with Crippen LogP contribution in [0.5, 0.6) is 5.75 Å². The highest BCUT2D eigenvalue weighted by Gasteiger charge is 2.20. The molecule has 1 N–H and O–H groups in total. The highest BCUT2D eigenvalue weighted by molar-refractivity contribution is 7.99. The van der Waals surface area contributed by atoms with E-state index in [1.165, 1.54) is 11.8 Å². The average molecular weight is 484 g/mol. The summed E-state index contributed by atoms with van der Waals surface area (Å²) in [6.07, 6.45) is 0. The number of benzene rings is 2. The van der Waals surface area contributed by atoms with Gasteiger partial charge in [-0.25, -0.2) is 0 Å². The monoisotopic (exact) mass is 483 g/mol. The van der Waals surface area contributed by atoms with Crippen LogP contribution in [0.1, 0.15) is 5.56 Å². The minimum absolute atomic E-state index is 0.113. The van der Waals surface area contributed by atoms with Crippen molar-refractivity contribution >= 4 is 46.5 Å². The predicted octanol–water partition coefficient (Wildman–Crippen LogP) is 4.50. The van der Waals surface area contributed by atoms with Gasteiger partial charge in [-0.05, 0) is 48.9 Å². The fourth-order valence-electron chi connectivity index (χ4n) is 3.63. The fraction of sp³-hybridized carbons (Fsp3) is 0.292. The van der Waals surface area contributed by atoms with Crippen LogP contribution in [0, 0.1) is 6.92 Å². The van der Waals surface area contributed by atoms with Crippen LogP contribution in [0.2, 0.25) is 5.02 Å². The van der Waals surface area contributed by atoms with Crippen molar-refractivity contribution in [2.24, 2.45) is 0 Å². The fourth-order valence-corrected chi connectivity index (χ4v) is 4.43. The highest BCUT2D eigenvalue weighted by Crippen LogP contribution is 2.29. The molecule has 1 aliphatic rings. The molecule has 172 valence electrons. The summed E-state index contributed by atoms with van der Waals surface area (Å²) in [4.78, 5) is 16.8. The molecule has 2 aromatic carbocycles.